The van der Waals surface area contributed by atoms with Gasteiger partial charge in [-0.1, -0.05) is 103 Å². The van der Waals surface area contributed by atoms with Crippen LogP contribution in [-0.2, 0) is 21.5 Å². The Bertz CT molecular complexity index is 1230. The Morgan fingerprint density at radius 3 is 1.75 bits per heavy atom. The van der Waals surface area contributed by atoms with Crippen molar-refractivity contribution in [2.24, 2.45) is 0 Å². The van der Waals surface area contributed by atoms with E-state index in [2.05, 4.69) is 96.6 Å². The third-order valence-electron chi connectivity index (χ3n) is 6.35. The van der Waals surface area contributed by atoms with Crippen molar-refractivity contribution in [2.75, 3.05) is 7.11 Å². The smallest absolute Gasteiger partial charge is 0.438 e. The molecule has 0 fully saturated rings. The molecule has 32 heavy (non-hydrogen) atoms. The van der Waals surface area contributed by atoms with Gasteiger partial charge in [0.25, 0.3) is 0 Å². The van der Waals surface area contributed by atoms with Crippen molar-refractivity contribution >= 4 is 6.16 Å². The molecule has 0 radical (unpaired) electrons. The second kappa shape index (κ2) is 8.01. The molecular formula is C29H24O3. The van der Waals surface area contributed by atoms with Crippen LogP contribution >= 0.6 is 0 Å². The van der Waals surface area contributed by atoms with Crippen LogP contribution in [0.3, 0.4) is 0 Å². The van der Waals surface area contributed by atoms with Gasteiger partial charge in [0.15, 0.2) is 0 Å². The van der Waals surface area contributed by atoms with Gasteiger partial charge in [-0.05, 0) is 45.9 Å². The topological polar surface area (TPSA) is 35.5 Å². The van der Waals surface area contributed by atoms with Gasteiger partial charge in [-0.25, -0.2) is 4.79 Å². The summed E-state index contributed by atoms with van der Waals surface area (Å²) in [7, 11) is 1.31. The van der Waals surface area contributed by atoms with Crippen LogP contribution in [-0.4, -0.2) is 13.3 Å². The fourth-order valence-corrected chi connectivity index (χ4v) is 4.88. The maximum atomic E-state index is 11.4. The van der Waals surface area contributed by atoms with E-state index in [1.165, 1.54) is 46.1 Å². The zero-order valence-corrected chi connectivity index (χ0v) is 18.2. The monoisotopic (exact) mass is 420 g/mol. The van der Waals surface area contributed by atoms with E-state index < -0.39 is 11.6 Å². The first-order chi connectivity index (χ1) is 15.6. The SMILES string of the molecule is COC(=O)OCc1ccc(C2(c3ccc(C)cc3)c3ccccc3-c3ccccc32)cc1. The van der Waals surface area contributed by atoms with Crippen molar-refractivity contribution in [1.29, 1.82) is 0 Å². The molecule has 0 saturated carbocycles. The van der Waals surface area contributed by atoms with E-state index in [1.54, 1.807) is 0 Å². The first-order valence-electron chi connectivity index (χ1n) is 10.7. The van der Waals surface area contributed by atoms with Crippen molar-refractivity contribution in [1.82, 2.24) is 0 Å². The van der Waals surface area contributed by atoms with E-state index >= 15 is 0 Å². The van der Waals surface area contributed by atoms with Gasteiger partial charge in [0, 0.05) is 0 Å². The van der Waals surface area contributed by atoms with Crippen LogP contribution in [0.1, 0.15) is 33.4 Å². The molecule has 0 heterocycles. The molecule has 0 aromatic heterocycles. The number of aryl methyl sites for hydroxylation is 1. The number of rotatable bonds is 4. The molecule has 3 heteroatoms. The summed E-state index contributed by atoms with van der Waals surface area (Å²) in [6, 6.07) is 34.5. The van der Waals surface area contributed by atoms with Crippen molar-refractivity contribution in [3.63, 3.8) is 0 Å². The molecule has 0 N–H and O–H groups in total. The minimum atomic E-state index is -0.677. The van der Waals surface area contributed by atoms with E-state index in [9.17, 15) is 4.79 Å². The quantitative estimate of drug-likeness (QED) is 0.306. The number of fused-ring (bicyclic) bond motifs is 3. The van der Waals surface area contributed by atoms with Gasteiger partial charge in [-0.15, -0.1) is 0 Å². The summed E-state index contributed by atoms with van der Waals surface area (Å²) in [6.45, 7) is 2.29. The average Bonchev–Trinajstić information content (AvgIpc) is 3.15. The maximum Gasteiger partial charge on any atom is 0.508 e. The average molecular weight is 421 g/mol. The zero-order chi connectivity index (χ0) is 22.1. The van der Waals surface area contributed by atoms with Crippen LogP contribution in [0.2, 0.25) is 0 Å². The molecule has 0 bridgehead atoms. The highest BCUT2D eigenvalue weighted by Crippen LogP contribution is 2.55. The van der Waals surface area contributed by atoms with Crippen LogP contribution in [0, 0.1) is 6.92 Å². The number of benzene rings is 4. The van der Waals surface area contributed by atoms with E-state index in [-0.39, 0.29) is 6.61 Å². The summed E-state index contributed by atoms with van der Waals surface area (Å²) in [5, 5.41) is 0. The summed E-state index contributed by atoms with van der Waals surface area (Å²) < 4.78 is 9.69. The third-order valence-corrected chi connectivity index (χ3v) is 6.35. The second-order valence-electron chi connectivity index (χ2n) is 8.15. The van der Waals surface area contributed by atoms with Crippen molar-refractivity contribution in [2.45, 2.75) is 18.9 Å². The van der Waals surface area contributed by atoms with Gasteiger partial charge >= 0.3 is 6.16 Å². The molecule has 0 spiro atoms. The number of hydrogen-bond donors (Lipinski definition) is 0. The molecule has 0 atom stereocenters. The Labute approximate surface area is 188 Å². The highest BCUT2D eigenvalue weighted by molar-refractivity contribution is 5.86. The third kappa shape index (κ3) is 3.09. The molecule has 4 aromatic carbocycles. The number of carbonyl (C=O) groups excluding carboxylic acids is 1. The zero-order valence-electron chi connectivity index (χ0n) is 18.2. The molecule has 4 aromatic rings. The largest absolute Gasteiger partial charge is 0.508 e. The fraction of sp³-hybridized carbons (Fsp3) is 0.138. The van der Waals surface area contributed by atoms with Crippen LogP contribution < -0.4 is 0 Å². The summed E-state index contributed by atoms with van der Waals surface area (Å²) in [5.74, 6) is 0. The first kappa shape index (κ1) is 20.1. The molecule has 0 amide bonds. The fourth-order valence-electron chi connectivity index (χ4n) is 4.88. The Hall–Kier alpha value is -3.85. The number of hydrogen-bond acceptors (Lipinski definition) is 3. The van der Waals surface area contributed by atoms with Crippen LogP contribution in [0.25, 0.3) is 11.1 Å². The number of methoxy groups -OCH3 is 1. The minimum absolute atomic E-state index is 0.178. The van der Waals surface area contributed by atoms with Crippen molar-refractivity contribution in [3.05, 3.63) is 130 Å². The number of ether oxygens (including phenoxy) is 2. The molecule has 0 aliphatic heterocycles. The minimum Gasteiger partial charge on any atom is -0.438 e. The van der Waals surface area contributed by atoms with Crippen molar-refractivity contribution in [3.8, 4) is 11.1 Å². The number of carbonyl (C=O) groups is 1. The molecule has 0 unspecified atom stereocenters. The Balaban J connectivity index is 1.72. The standard InChI is InChI=1S/C29H24O3/c1-20-11-15-22(16-12-20)29(23-17-13-21(14-18-23)19-32-28(30)31-2)26-9-5-3-7-24(26)25-8-4-6-10-27(25)29/h3-18H,19H2,1-2H3. The van der Waals surface area contributed by atoms with E-state index in [0.717, 1.165) is 5.56 Å². The molecule has 1 aliphatic rings. The predicted octanol–water partition coefficient (Wildman–Crippen LogP) is 6.64. The Morgan fingerprint density at radius 1 is 0.719 bits per heavy atom. The normalized spacial score (nSPS) is 13.2. The second-order valence-corrected chi connectivity index (χ2v) is 8.15. The molecule has 1 aliphatic carbocycles. The molecular weight excluding hydrogens is 396 g/mol. The molecule has 5 rings (SSSR count). The van der Waals surface area contributed by atoms with Gasteiger partial charge in [-0.3, -0.25) is 0 Å². The Kier molecular flexibility index (Phi) is 5.02. The molecule has 158 valence electrons. The lowest BCUT2D eigenvalue weighted by molar-refractivity contribution is 0.0669. The van der Waals surface area contributed by atoms with E-state index in [0.29, 0.717) is 0 Å². The highest BCUT2D eigenvalue weighted by atomic mass is 16.7. The van der Waals surface area contributed by atoms with Gasteiger partial charge in [0.1, 0.15) is 6.61 Å². The van der Waals surface area contributed by atoms with Gasteiger partial charge in [0.2, 0.25) is 0 Å². The predicted molar refractivity (Wildman–Crippen MR) is 126 cm³/mol. The Morgan fingerprint density at radius 2 is 1.22 bits per heavy atom. The summed E-state index contributed by atoms with van der Waals surface area (Å²) in [6.07, 6.45) is -0.677. The lowest BCUT2D eigenvalue weighted by Crippen LogP contribution is -2.28. The van der Waals surface area contributed by atoms with Gasteiger partial charge in [0.05, 0.1) is 12.5 Å². The van der Waals surface area contributed by atoms with E-state index in [1.807, 2.05) is 12.1 Å². The van der Waals surface area contributed by atoms with Crippen LogP contribution in [0.15, 0.2) is 97.1 Å². The molecule has 0 saturated heterocycles. The van der Waals surface area contributed by atoms with Crippen LogP contribution in [0.5, 0.6) is 0 Å². The summed E-state index contributed by atoms with van der Waals surface area (Å²) >= 11 is 0. The highest BCUT2D eigenvalue weighted by Gasteiger charge is 2.45. The van der Waals surface area contributed by atoms with Crippen LogP contribution in [0.4, 0.5) is 4.79 Å². The molecule has 3 nitrogen and oxygen atoms in total. The maximum absolute atomic E-state index is 11.4. The van der Waals surface area contributed by atoms with Gasteiger partial charge < -0.3 is 9.47 Å². The lowest BCUT2D eigenvalue weighted by Gasteiger charge is -2.34. The van der Waals surface area contributed by atoms with Crippen molar-refractivity contribution < 1.29 is 14.3 Å². The first-order valence-corrected chi connectivity index (χ1v) is 10.7. The lowest BCUT2D eigenvalue weighted by atomic mass is 9.67. The van der Waals surface area contributed by atoms with E-state index in [4.69, 9.17) is 4.74 Å². The van der Waals surface area contributed by atoms with Gasteiger partial charge in [-0.2, -0.15) is 0 Å². The summed E-state index contributed by atoms with van der Waals surface area (Å²) in [5.41, 5.74) is 9.25. The summed E-state index contributed by atoms with van der Waals surface area (Å²) in [4.78, 5) is 11.4.